The molecule has 0 radical (unpaired) electrons. The fourth-order valence-corrected chi connectivity index (χ4v) is 4.59. The van der Waals surface area contributed by atoms with Crippen molar-refractivity contribution in [1.29, 1.82) is 0 Å². The number of carbonyl (C=O) groups is 2. The van der Waals surface area contributed by atoms with Crippen LogP contribution in [0.1, 0.15) is 60.2 Å². The zero-order valence-electron chi connectivity index (χ0n) is 17.3. The second-order valence-electron chi connectivity index (χ2n) is 8.44. The molecule has 0 aliphatic carbocycles. The molecule has 2 aromatic carbocycles. The molecule has 2 amide bonds. The van der Waals surface area contributed by atoms with E-state index in [-0.39, 0.29) is 41.9 Å². The molecule has 2 aliphatic heterocycles. The Bertz CT molecular complexity index is 897. The van der Waals surface area contributed by atoms with Gasteiger partial charge in [0.25, 0.3) is 11.8 Å². The number of benzene rings is 2. The minimum absolute atomic E-state index is 0.0194. The van der Waals surface area contributed by atoms with Crippen LogP contribution in [0.3, 0.4) is 0 Å². The topological polar surface area (TPSA) is 58.6 Å². The summed E-state index contributed by atoms with van der Waals surface area (Å²) in [5.41, 5.74) is 1.11. The summed E-state index contributed by atoms with van der Waals surface area (Å²) < 4.78 is 18.7. The van der Waals surface area contributed by atoms with Gasteiger partial charge in [-0.3, -0.25) is 9.59 Å². The first-order valence-electron chi connectivity index (χ1n) is 10.6. The number of nitrogens with zero attached hydrogens (tertiary/aromatic N) is 1. The van der Waals surface area contributed by atoms with E-state index in [9.17, 15) is 14.0 Å². The summed E-state index contributed by atoms with van der Waals surface area (Å²) in [4.78, 5) is 27.6. The van der Waals surface area contributed by atoms with Gasteiger partial charge >= 0.3 is 0 Å². The van der Waals surface area contributed by atoms with Crippen LogP contribution in [0.5, 0.6) is 5.75 Å². The third kappa shape index (κ3) is 4.32. The molecule has 2 bridgehead atoms. The predicted molar refractivity (Wildman–Crippen MR) is 112 cm³/mol. The van der Waals surface area contributed by atoms with Crippen LogP contribution in [0.4, 0.5) is 4.39 Å². The largest absolute Gasteiger partial charge is 0.491 e. The molecule has 2 saturated heterocycles. The van der Waals surface area contributed by atoms with Crippen LogP contribution in [-0.4, -0.2) is 40.9 Å². The third-order valence-electron chi connectivity index (χ3n) is 5.88. The van der Waals surface area contributed by atoms with Crippen molar-refractivity contribution in [2.24, 2.45) is 0 Å². The van der Waals surface area contributed by atoms with E-state index in [0.29, 0.717) is 11.1 Å². The maximum Gasteiger partial charge on any atom is 0.254 e. The summed E-state index contributed by atoms with van der Waals surface area (Å²) in [5, 5.41) is 3.06. The molecule has 30 heavy (non-hydrogen) atoms. The van der Waals surface area contributed by atoms with Crippen molar-refractivity contribution in [3.05, 3.63) is 65.5 Å². The smallest absolute Gasteiger partial charge is 0.254 e. The van der Waals surface area contributed by atoms with Crippen molar-refractivity contribution < 1.29 is 18.7 Å². The van der Waals surface area contributed by atoms with Crippen LogP contribution < -0.4 is 10.1 Å². The van der Waals surface area contributed by atoms with E-state index in [0.717, 1.165) is 31.4 Å². The molecular formula is C24H27FN2O3. The average Bonchev–Trinajstić information content (AvgIpc) is 2.98. The Kier molecular flexibility index (Phi) is 5.75. The Labute approximate surface area is 176 Å². The number of hydrogen-bond acceptors (Lipinski definition) is 3. The fraction of sp³-hybridized carbons (Fsp3) is 0.417. The lowest BCUT2D eigenvalue weighted by Crippen LogP contribution is -2.52. The van der Waals surface area contributed by atoms with E-state index in [1.165, 1.54) is 24.3 Å². The fourth-order valence-electron chi connectivity index (χ4n) is 4.59. The zero-order valence-corrected chi connectivity index (χ0v) is 17.3. The highest BCUT2D eigenvalue weighted by atomic mass is 19.1. The van der Waals surface area contributed by atoms with Crippen molar-refractivity contribution in [1.82, 2.24) is 10.2 Å². The number of fused-ring (bicyclic) bond motifs is 2. The van der Waals surface area contributed by atoms with Crippen molar-refractivity contribution in [3.8, 4) is 5.75 Å². The van der Waals surface area contributed by atoms with Gasteiger partial charge in [-0.25, -0.2) is 4.39 Å². The van der Waals surface area contributed by atoms with E-state index in [4.69, 9.17) is 4.74 Å². The molecule has 158 valence electrons. The molecule has 1 N–H and O–H groups in total. The third-order valence-corrected chi connectivity index (χ3v) is 5.88. The monoisotopic (exact) mass is 410 g/mol. The van der Waals surface area contributed by atoms with Gasteiger partial charge in [0.05, 0.1) is 6.10 Å². The van der Waals surface area contributed by atoms with E-state index < -0.39 is 0 Å². The minimum Gasteiger partial charge on any atom is -0.491 e. The number of carbonyl (C=O) groups excluding carboxylic acids is 2. The molecule has 2 heterocycles. The summed E-state index contributed by atoms with van der Waals surface area (Å²) in [6.07, 6.45) is 3.47. The van der Waals surface area contributed by atoms with E-state index in [1.54, 1.807) is 0 Å². The summed E-state index contributed by atoms with van der Waals surface area (Å²) >= 11 is 0. The maximum absolute atomic E-state index is 13.1. The number of piperidine rings is 1. The highest BCUT2D eigenvalue weighted by Crippen LogP contribution is 2.37. The number of halogens is 1. The summed E-state index contributed by atoms with van der Waals surface area (Å²) in [7, 11) is 0. The zero-order chi connectivity index (χ0) is 21.3. The van der Waals surface area contributed by atoms with Gasteiger partial charge in [-0.1, -0.05) is 0 Å². The van der Waals surface area contributed by atoms with Crippen LogP contribution in [0.15, 0.2) is 48.5 Å². The van der Waals surface area contributed by atoms with Gasteiger partial charge in [0, 0.05) is 29.3 Å². The van der Waals surface area contributed by atoms with Gasteiger partial charge in [0.1, 0.15) is 11.6 Å². The van der Waals surface area contributed by atoms with Crippen molar-refractivity contribution in [3.63, 3.8) is 0 Å². The second-order valence-corrected chi connectivity index (χ2v) is 8.44. The van der Waals surface area contributed by atoms with Crippen molar-refractivity contribution >= 4 is 11.8 Å². The van der Waals surface area contributed by atoms with E-state index in [1.807, 2.05) is 43.0 Å². The Hall–Kier alpha value is -2.89. The Morgan fingerprint density at radius 3 is 2.10 bits per heavy atom. The normalized spacial score (nSPS) is 22.8. The lowest BCUT2D eigenvalue weighted by atomic mass is 9.96. The van der Waals surface area contributed by atoms with Crippen molar-refractivity contribution in [2.45, 2.75) is 63.8 Å². The van der Waals surface area contributed by atoms with Gasteiger partial charge < -0.3 is 15.0 Å². The van der Waals surface area contributed by atoms with Gasteiger partial charge in [-0.05, 0) is 88.1 Å². The molecule has 0 spiro atoms. The Balaban J connectivity index is 1.39. The SMILES string of the molecule is CC(C)Oc1ccc(C(=O)N2[C@@H]3CC[C@H]2CC(NC(=O)c2ccc(F)cc2)C3)cc1. The average molecular weight is 410 g/mol. The van der Waals surface area contributed by atoms with Crippen LogP contribution in [-0.2, 0) is 0 Å². The molecule has 2 aromatic rings. The standard InChI is InChI=1S/C24H27FN2O3/c1-15(2)30-22-11-5-17(6-12-22)24(29)27-20-9-10-21(27)14-19(13-20)26-23(28)16-3-7-18(25)8-4-16/h3-8,11-12,15,19-21H,9-10,13-14H2,1-2H3,(H,26,28)/t19?,20-,21+. The predicted octanol–water partition coefficient (Wildman–Crippen LogP) is 4.18. The summed E-state index contributed by atoms with van der Waals surface area (Å²) in [5.74, 6) is 0.244. The Morgan fingerprint density at radius 2 is 1.53 bits per heavy atom. The van der Waals surface area contributed by atoms with Crippen LogP contribution >= 0.6 is 0 Å². The van der Waals surface area contributed by atoms with Crippen LogP contribution in [0.25, 0.3) is 0 Å². The highest BCUT2D eigenvalue weighted by molar-refractivity contribution is 5.95. The molecule has 0 saturated carbocycles. The second kappa shape index (κ2) is 8.46. The first kappa shape index (κ1) is 20.4. The maximum atomic E-state index is 13.1. The Morgan fingerprint density at radius 1 is 0.967 bits per heavy atom. The molecule has 2 aliphatic rings. The lowest BCUT2D eigenvalue weighted by molar-refractivity contribution is 0.0549. The van der Waals surface area contributed by atoms with Crippen molar-refractivity contribution in [2.75, 3.05) is 0 Å². The van der Waals surface area contributed by atoms with Gasteiger partial charge in [-0.15, -0.1) is 0 Å². The number of nitrogens with one attached hydrogen (secondary N) is 1. The van der Waals surface area contributed by atoms with Gasteiger partial charge in [0.2, 0.25) is 0 Å². The number of rotatable bonds is 5. The van der Waals surface area contributed by atoms with Gasteiger partial charge in [0.15, 0.2) is 0 Å². The van der Waals surface area contributed by atoms with Gasteiger partial charge in [-0.2, -0.15) is 0 Å². The number of hydrogen-bond donors (Lipinski definition) is 1. The molecule has 3 atom stereocenters. The molecule has 0 aromatic heterocycles. The minimum atomic E-state index is -0.361. The summed E-state index contributed by atoms with van der Waals surface area (Å²) in [6.45, 7) is 3.94. The molecule has 5 nitrogen and oxygen atoms in total. The first-order chi connectivity index (χ1) is 14.4. The first-order valence-corrected chi connectivity index (χ1v) is 10.6. The van der Waals surface area contributed by atoms with Crippen LogP contribution in [0.2, 0.25) is 0 Å². The van der Waals surface area contributed by atoms with E-state index >= 15 is 0 Å². The molecular weight excluding hydrogens is 383 g/mol. The number of amides is 2. The number of ether oxygens (including phenoxy) is 1. The summed E-state index contributed by atoms with van der Waals surface area (Å²) in [6, 6.07) is 13.2. The highest BCUT2D eigenvalue weighted by Gasteiger charge is 2.43. The molecule has 4 rings (SSSR count). The molecule has 1 unspecified atom stereocenters. The molecule has 2 fully saturated rings. The quantitative estimate of drug-likeness (QED) is 0.805. The molecule has 6 heteroatoms. The van der Waals surface area contributed by atoms with E-state index in [2.05, 4.69) is 5.32 Å². The lowest BCUT2D eigenvalue weighted by Gasteiger charge is -2.39. The van der Waals surface area contributed by atoms with Crippen LogP contribution in [0, 0.1) is 5.82 Å².